The molecule has 0 bridgehead atoms. The zero-order chi connectivity index (χ0) is 16.5. The van der Waals surface area contributed by atoms with Crippen LogP contribution >= 0.6 is 35.1 Å². The fraction of sp³-hybridized carbons (Fsp3) is 0.333. The van der Waals surface area contributed by atoms with Gasteiger partial charge in [-0.25, -0.2) is 0 Å². The van der Waals surface area contributed by atoms with Gasteiger partial charge in [-0.1, -0.05) is 41.9 Å². The van der Waals surface area contributed by atoms with Crippen LogP contribution < -0.4 is 0 Å². The standard InChI is InChI=1S/C21H19ClS2/c1-20-16(11-18(23-20)13-7-4-3-5-8-13)14-9-6-10-15(14)17-12-19(22)24-21(17,20)2/h3-5,7-8,11-12H,6,9-10H2,1-2H3/t20-,21-/m1/s1. The van der Waals surface area contributed by atoms with E-state index in [4.69, 9.17) is 11.6 Å². The van der Waals surface area contributed by atoms with Gasteiger partial charge in [0.1, 0.15) is 0 Å². The largest absolute Gasteiger partial charge is 0.112 e. The lowest BCUT2D eigenvalue weighted by atomic mass is 9.72. The number of hydrogen-bond acceptors (Lipinski definition) is 2. The molecule has 2 atom stereocenters. The molecule has 1 aromatic carbocycles. The Balaban J connectivity index is 1.73. The van der Waals surface area contributed by atoms with Gasteiger partial charge >= 0.3 is 0 Å². The highest BCUT2D eigenvalue weighted by molar-refractivity contribution is 8.12. The Hall–Kier alpha value is -0.830. The predicted molar refractivity (Wildman–Crippen MR) is 108 cm³/mol. The van der Waals surface area contributed by atoms with Crippen molar-refractivity contribution >= 4 is 40.0 Å². The number of thioether (sulfide) groups is 2. The Bertz CT molecular complexity index is 874. The number of halogens is 1. The van der Waals surface area contributed by atoms with E-state index < -0.39 is 0 Å². The zero-order valence-corrected chi connectivity index (χ0v) is 16.2. The molecule has 0 amide bonds. The highest BCUT2D eigenvalue weighted by Gasteiger charge is 2.59. The van der Waals surface area contributed by atoms with E-state index in [1.165, 1.54) is 35.3 Å². The van der Waals surface area contributed by atoms with Crippen molar-refractivity contribution in [3.8, 4) is 0 Å². The maximum Gasteiger partial charge on any atom is 0.0747 e. The highest BCUT2D eigenvalue weighted by Crippen LogP contribution is 2.69. The van der Waals surface area contributed by atoms with Gasteiger partial charge in [-0.3, -0.25) is 0 Å². The first kappa shape index (κ1) is 15.4. The summed E-state index contributed by atoms with van der Waals surface area (Å²) in [6.45, 7) is 4.83. The van der Waals surface area contributed by atoms with Crippen LogP contribution in [-0.2, 0) is 0 Å². The van der Waals surface area contributed by atoms with Crippen LogP contribution in [0, 0.1) is 0 Å². The first-order chi connectivity index (χ1) is 11.5. The Morgan fingerprint density at radius 2 is 1.50 bits per heavy atom. The van der Waals surface area contributed by atoms with Crippen molar-refractivity contribution in [3.05, 3.63) is 74.7 Å². The van der Waals surface area contributed by atoms with E-state index in [2.05, 4.69) is 56.3 Å². The molecule has 2 aliphatic heterocycles. The monoisotopic (exact) mass is 370 g/mol. The van der Waals surface area contributed by atoms with Gasteiger partial charge in [0.25, 0.3) is 0 Å². The van der Waals surface area contributed by atoms with E-state index in [1.54, 1.807) is 16.7 Å². The molecule has 0 aromatic heterocycles. The molecule has 1 aromatic rings. The molecule has 0 nitrogen and oxygen atoms in total. The van der Waals surface area contributed by atoms with E-state index in [-0.39, 0.29) is 9.49 Å². The number of benzene rings is 1. The molecule has 2 aliphatic carbocycles. The maximum absolute atomic E-state index is 6.52. The van der Waals surface area contributed by atoms with Crippen LogP contribution in [-0.4, -0.2) is 9.49 Å². The Labute approximate surface area is 157 Å². The minimum absolute atomic E-state index is 0.0281. The second-order valence-electron chi connectivity index (χ2n) is 7.23. The van der Waals surface area contributed by atoms with Gasteiger partial charge in [-0.15, -0.1) is 23.5 Å². The van der Waals surface area contributed by atoms with Crippen LogP contribution in [0.3, 0.4) is 0 Å². The predicted octanol–water partition coefficient (Wildman–Crippen LogP) is 6.91. The third kappa shape index (κ3) is 1.85. The summed E-state index contributed by atoms with van der Waals surface area (Å²) in [5.41, 5.74) is 7.56. The third-order valence-electron chi connectivity index (χ3n) is 6.01. The summed E-state index contributed by atoms with van der Waals surface area (Å²) in [6, 6.07) is 10.8. The van der Waals surface area contributed by atoms with Gasteiger partial charge in [0, 0.05) is 4.91 Å². The average molecular weight is 371 g/mol. The van der Waals surface area contributed by atoms with Crippen molar-refractivity contribution in [2.45, 2.75) is 42.6 Å². The molecule has 4 aliphatic rings. The molecule has 0 unspecified atom stereocenters. The SMILES string of the molecule is C[C@@]12SC(Cl)=CC1=C1CCCC1=C1C=C(c3ccccc3)S[C@]12C. The van der Waals surface area contributed by atoms with Gasteiger partial charge in [0.05, 0.1) is 13.9 Å². The van der Waals surface area contributed by atoms with Crippen molar-refractivity contribution in [1.29, 1.82) is 0 Å². The van der Waals surface area contributed by atoms with E-state index in [9.17, 15) is 0 Å². The molecule has 2 heterocycles. The molecule has 1 saturated carbocycles. The van der Waals surface area contributed by atoms with Crippen molar-refractivity contribution < 1.29 is 0 Å². The Kier molecular flexibility index (Phi) is 3.27. The van der Waals surface area contributed by atoms with Crippen LogP contribution in [0.4, 0.5) is 0 Å². The minimum atomic E-state index is 0.0281. The zero-order valence-electron chi connectivity index (χ0n) is 13.9. The number of hydrogen-bond donors (Lipinski definition) is 0. The van der Waals surface area contributed by atoms with Gasteiger partial charge in [0.15, 0.2) is 0 Å². The molecule has 24 heavy (non-hydrogen) atoms. The quantitative estimate of drug-likeness (QED) is 0.526. The summed E-state index contributed by atoms with van der Waals surface area (Å²) in [7, 11) is 0. The van der Waals surface area contributed by atoms with Gasteiger partial charge < -0.3 is 0 Å². The van der Waals surface area contributed by atoms with Crippen molar-refractivity contribution in [2.75, 3.05) is 0 Å². The van der Waals surface area contributed by atoms with Crippen molar-refractivity contribution in [1.82, 2.24) is 0 Å². The van der Waals surface area contributed by atoms with Crippen LogP contribution in [0.15, 0.2) is 69.1 Å². The first-order valence-corrected chi connectivity index (χ1v) is 10.5. The third-order valence-corrected chi connectivity index (χ3v) is 9.44. The Morgan fingerprint density at radius 3 is 2.21 bits per heavy atom. The number of fused-ring (bicyclic) bond motifs is 4. The molecular formula is C21H19ClS2. The lowest BCUT2D eigenvalue weighted by Crippen LogP contribution is -2.47. The highest BCUT2D eigenvalue weighted by atomic mass is 35.5. The molecule has 122 valence electrons. The van der Waals surface area contributed by atoms with Crippen LogP contribution in [0.1, 0.15) is 38.7 Å². The summed E-state index contributed by atoms with van der Waals surface area (Å²) < 4.78 is 1.02. The topological polar surface area (TPSA) is 0 Å². The van der Waals surface area contributed by atoms with Crippen molar-refractivity contribution in [3.63, 3.8) is 0 Å². The van der Waals surface area contributed by atoms with E-state index in [0.29, 0.717) is 0 Å². The second kappa shape index (κ2) is 5.09. The van der Waals surface area contributed by atoms with Gasteiger partial charge in [0.2, 0.25) is 0 Å². The fourth-order valence-corrected chi connectivity index (χ4v) is 8.10. The molecule has 0 radical (unpaired) electrons. The average Bonchev–Trinajstić information content (AvgIpc) is 3.24. The lowest BCUT2D eigenvalue weighted by molar-refractivity contribution is 0.607. The maximum atomic E-state index is 6.52. The first-order valence-electron chi connectivity index (χ1n) is 8.53. The lowest BCUT2D eigenvalue weighted by Gasteiger charge is -2.46. The van der Waals surface area contributed by atoms with Crippen LogP contribution in [0.5, 0.6) is 0 Å². The molecule has 0 N–H and O–H groups in total. The molecule has 1 fully saturated rings. The smallest absolute Gasteiger partial charge is 0.0747 e. The molecular weight excluding hydrogens is 352 g/mol. The number of allylic oxidation sites excluding steroid dienone is 4. The minimum Gasteiger partial charge on any atom is -0.112 e. The summed E-state index contributed by atoms with van der Waals surface area (Å²) in [5.74, 6) is 0. The molecule has 0 saturated heterocycles. The Morgan fingerprint density at radius 1 is 0.875 bits per heavy atom. The van der Waals surface area contributed by atoms with E-state index >= 15 is 0 Å². The second-order valence-corrected chi connectivity index (χ2v) is 10.8. The number of rotatable bonds is 1. The summed E-state index contributed by atoms with van der Waals surface area (Å²) in [5, 5.41) is 0. The van der Waals surface area contributed by atoms with Crippen LogP contribution in [0.2, 0.25) is 0 Å². The fourth-order valence-electron chi connectivity index (χ4n) is 4.65. The van der Waals surface area contributed by atoms with Gasteiger partial charge in [-0.05, 0) is 73.1 Å². The summed E-state index contributed by atoms with van der Waals surface area (Å²) in [4.78, 5) is 1.40. The molecule has 5 rings (SSSR count). The summed E-state index contributed by atoms with van der Waals surface area (Å²) in [6.07, 6.45) is 8.42. The normalized spacial score (nSPS) is 34.1. The van der Waals surface area contributed by atoms with Crippen molar-refractivity contribution in [2.24, 2.45) is 0 Å². The van der Waals surface area contributed by atoms with E-state index in [0.717, 1.165) is 4.36 Å². The van der Waals surface area contributed by atoms with E-state index in [1.807, 2.05) is 23.5 Å². The molecule has 3 heteroatoms. The molecule has 0 spiro atoms. The van der Waals surface area contributed by atoms with Crippen LogP contribution in [0.25, 0.3) is 4.91 Å². The summed E-state index contributed by atoms with van der Waals surface area (Å²) >= 11 is 10.4. The van der Waals surface area contributed by atoms with Gasteiger partial charge in [-0.2, -0.15) is 0 Å².